The van der Waals surface area contributed by atoms with Gasteiger partial charge in [-0.05, 0) is 24.6 Å². The van der Waals surface area contributed by atoms with Crippen LogP contribution < -0.4 is 0 Å². The Kier molecular flexibility index (Phi) is 4.29. The molecule has 1 aromatic carbocycles. The van der Waals surface area contributed by atoms with Crippen molar-refractivity contribution in [3.05, 3.63) is 24.5 Å². The largest absolute Gasteiger partial charge is 0.481 e. The van der Waals surface area contributed by atoms with E-state index in [2.05, 4.69) is 4.98 Å². The Morgan fingerprint density at radius 2 is 2.10 bits per heavy atom. The van der Waals surface area contributed by atoms with Gasteiger partial charge in [0.15, 0.2) is 0 Å². The Balaban J connectivity index is 2.29. The first-order valence-electron chi connectivity index (χ1n) is 6.41. The van der Waals surface area contributed by atoms with Crippen LogP contribution in [-0.2, 0) is 21.4 Å². The van der Waals surface area contributed by atoms with Crippen molar-refractivity contribution in [2.75, 3.05) is 14.1 Å². The van der Waals surface area contributed by atoms with Crippen LogP contribution >= 0.6 is 0 Å². The van der Waals surface area contributed by atoms with Crippen LogP contribution in [0.15, 0.2) is 29.4 Å². The topological polar surface area (TPSA) is 92.5 Å². The molecule has 1 heterocycles. The van der Waals surface area contributed by atoms with E-state index in [-0.39, 0.29) is 11.3 Å². The smallest absolute Gasteiger partial charge is 0.303 e. The number of benzene rings is 1. The monoisotopic (exact) mass is 311 g/mol. The summed E-state index contributed by atoms with van der Waals surface area (Å²) in [6.07, 6.45) is 2.18. The predicted molar refractivity (Wildman–Crippen MR) is 77.5 cm³/mol. The molecule has 0 aliphatic rings. The normalized spacial score (nSPS) is 12.1. The molecule has 7 nitrogen and oxygen atoms in total. The fraction of sp³-hybridized carbons (Fsp3) is 0.385. The first-order chi connectivity index (χ1) is 9.82. The zero-order chi connectivity index (χ0) is 15.6. The average molecular weight is 311 g/mol. The average Bonchev–Trinajstić information content (AvgIpc) is 2.80. The van der Waals surface area contributed by atoms with E-state index in [0.717, 1.165) is 9.82 Å². The van der Waals surface area contributed by atoms with E-state index in [0.29, 0.717) is 18.5 Å². The van der Waals surface area contributed by atoms with Crippen molar-refractivity contribution in [3.8, 4) is 0 Å². The lowest BCUT2D eigenvalue weighted by atomic mass is 10.3. The first kappa shape index (κ1) is 15.5. The molecule has 0 radical (unpaired) electrons. The maximum Gasteiger partial charge on any atom is 0.303 e. The van der Waals surface area contributed by atoms with Gasteiger partial charge in [0, 0.05) is 27.1 Å². The molecule has 0 aliphatic heterocycles. The highest BCUT2D eigenvalue weighted by Crippen LogP contribution is 2.20. The highest BCUT2D eigenvalue weighted by atomic mass is 32.2. The number of aryl methyl sites for hydroxylation is 1. The summed E-state index contributed by atoms with van der Waals surface area (Å²) in [4.78, 5) is 14.9. The molecule has 114 valence electrons. The standard InChI is InChI=1S/C13H17N3O4S/c1-15(2)21(19,20)10-5-6-12-11(8-10)14-9-16(12)7-3-4-13(17)18/h5-6,8-9H,3-4,7H2,1-2H3,(H,17,18). The van der Waals surface area contributed by atoms with E-state index in [9.17, 15) is 13.2 Å². The summed E-state index contributed by atoms with van der Waals surface area (Å²) in [6.45, 7) is 0.530. The molecule has 0 amide bonds. The quantitative estimate of drug-likeness (QED) is 0.864. The Hall–Kier alpha value is -1.93. The number of carboxylic acid groups (broad SMARTS) is 1. The molecule has 0 saturated heterocycles. The Morgan fingerprint density at radius 1 is 1.38 bits per heavy atom. The molecular weight excluding hydrogens is 294 g/mol. The molecule has 8 heteroatoms. The fourth-order valence-corrected chi connectivity index (χ4v) is 2.92. The third-order valence-electron chi connectivity index (χ3n) is 3.16. The van der Waals surface area contributed by atoms with Crippen LogP contribution in [0, 0.1) is 0 Å². The van der Waals surface area contributed by atoms with Crippen molar-refractivity contribution < 1.29 is 18.3 Å². The number of nitrogens with zero attached hydrogens (tertiary/aromatic N) is 3. The fourth-order valence-electron chi connectivity index (χ4n) is 1.99. The van der Waals surface area contributed by atoms with Crippen LogP contribution in [0.5, 0.6) is 0 Å². The molecule has 0 aliphatic carbocycles. The van der Waals surface area contributed by atoms with Crippen LogP contribution in [0.1, 0.15) is 12.8 Å². The van der Waals surface area contributed by atoms with Gasteiger partial charge in [0.25, 0.3) is 0 Å². The highest BCUT2D eigenvalue weighted by molar-refractivity contribution is 7.89. The number of carboxylic acids is 1. The molecular formula is C13H17N3O4S. The van der Waals surface area contributed by atoms with Crippen molar-refractivity contribution >= 4 is 27.0 Å². The van der Waals surface area contributed by atoms with Crippen LogP contribution in [-0.4, -0.2) is 47.4 Å². The van der Waals surface area contributed by atoms with Crippen molar-refractivity contribution in [1.82, 2.24) is 13.9 Å². The molecule has 2 aromatic rings. The van der Waals surface area contributed by atoms with Crippen LogP contribution in [0.25, 0.3) is 11.0 Å². The minimum absolute atomic E-state index is 0.0900. The van der Waals surface area contributed by atoms with Crippen molar-refractivity contribution in [2.45, 2.75) is 24.3 Å². The molecule has 0 spiro atoms. The minimum atomic E-state index is -3.48. The lowest BCUT2D eigenvalue weighted by Gasteiger charge is -2.11. The van der Waals surface area contributed by atoms with Gasteiger partial charge in [-0.1, -0.05) is 0 Å². The summed E-state index contributed by atoms with van der Waals surface area (Å²) in [6, 6.07) is 4.75. The number of hydrogen-bond donors (Lipinski definition) is 1. The van der Waals surface area contributed by atoms with Crippen LogP contribution in [0.3, 0.4) is 0 Å². The number of imidazole rings is 1. The molecule has 0 saturated carbocycles. The zero-order valence-corrected chi connectivity index (χ0v) is 12.7. The third kappa shape index (κ3) is 3.22. The molecule has 0 unspecified atom stereocenters. The van der Waals surface area contributed by atoms with E-state index in [4.69, 9.17) is 5.11 Å². The van der Waals surface area contributed by atoms with Gasteiger partial charge in [0.2, 0.25) is 10.0 Å². The van der Waals surface area contributed by atoms with Gasteiger partial charge in [-0.2, -0.15) is 0 Å². The number of aromatic nitrogens is 2. The lowest BCUT2D eigenvalue weighted by Crippen LogP contribution is -2.22. The molecule has 0 fully saturated rings. The number of fused-ring (bicyclic) bond motifs is 1. The van der Waals surface area contributed by atoms with Crippen molar-refractivity contribution in [2.24, 2.45) is 0 Å². The summed E-state index contributed by atoms with van der Waals surface area (Å²) >= 11 is 0. The van der Waals surface area contributed by atoms with Crippen LogP contribution in [0.4, 0.5) is 0 Å². The van der Waals surface area contributed by atoms with Gasteiger partial charge in [-0.3, -0.25) is 4.79 Å². The Morgan fingerprint density at radius 3 is 2.71 bits per heavy atom. The SMILES string of the molecule is CN(C)S(=O)(=O)c1ccc2c(c1)ncn2CCCC(=O)O. The van der Waals surface area contributed by atoms with Gasteiger partial charge in [-0.15, -0.1) is 0 Å². The molecule has 0 atom stereocenters. The van der Waals surface area contributed by atoms with Crippen molar-refractivity contribution in [3.63, 3.8) is 0 Å². The van der Waals surface area contributed by atoms with Gasteiger partial charge in [0.05, 0.1) is 22.3 Å². The number of rotatable bonds is 6. The van der Waals surface area contributed by atoms with E-state index in [1.165, 1.54) is 26.2 Å². The Labute approximate surface area is 122 Å². The number of aliphatic carboxylic acids is 1. The third-order valence-corrected chi connectivity index (χ3v) is 4.97. The summed E-state index contributed by atoms with van der Waals surface area (Å²) < 4.78 is 27.1. The van der Waals surface area contributed by atoms with Gasteiger partial charge in [0.1, 0.15) is 0 Å². The summed E-state index contributed by atoms with van der Waals surface area (Å²) in [7, 11) is -0.528. The maximum atomic E-state index is 12.1. The lowest BCUT2D eigenvalue weighted by molar-refractivity contribution is -0.137. The molecule has 1 N–H and O–H groups in total. The van der Waals surface area contributed by atoms with Crippen molar-refractivity contribution in [1.29, 1.82) is 0 Å². The van der Waals surface area contributed by atoms with E-state index < -0.39 is 16.0 Å². The maximum absolute atomic E-state index is 12.1. The van der Waals surface area contributed by atoms with Crippen LogP contribution in [0.2, 0.25) is 0 Å². The highest BCUT2D eigenvalue weighted by Gasteiger charge is 2.18. The van der Waals surface area contributed by atoms with E-state index >= 15 is 0 Å². The van der Waals surface area contributed by atoms with Gasteiger partial charge < -0.3 is 9.67 Å². The zero-order valence-electron chi connectivity index (χ0n) is 11.9. The second-order valence-electron chi connectivity index (χ2n) is 4.87. The van der Waals surface area contributed by atoms with E-state index in [1.807, 2.05) is 4.57 Å². The predicted octanol–water partition coefficient (Wildman–Crippen LogP) is 1.15. The van der Waals surface area contributed by atoms with Gasteiger partial charge >= 0.3 is 5.97 Å². The van der Waals surface area contributed by atoms with E-state index in [1.54, 1.807) is 12.4 Å². The summed E-state index contributed by atoms with van der Waals surface area (Å²) in [5, 5.41) is 8.64. The second-order valence-corrected chi connectivity index (χ2v) is 7.03. The minimum Gasteiger partial charge on any atom is -0.481 e. The molecule has 0 bridgehead atoms. The van der Waals surface area contributed by atoms with Gasteiger partial charge in [-0.25, -0.2) is 17.7 Å². The Bertz CT molecular complexity index is 765. The molecule has 1 aromatic heterocycles. The number of sulfonamides is 1. The first-order valence-corrected chi connectivity index (χ1v) is 7.85. The summed E-state index contributed by atoms with van der Waals surface area (Å²) in [5.41, 5.74) is 1.37. The second kappa shape index (κ2) is 5.82. The summed E-state index contributed by atoms with van der Waals surface area (Å²) in [5.74, 6) is -0.834. The molecule has 2 rings (SSSR count). The number of carbonyl (C=O) groups is 1. The number of hydrogen-bond acceptors (Lipinski definition) is 4. The molecule has 21 heavy (non-hydrogen) atoms.